The quantitative estimate of drug-likeness (QED) is 0.658. The summed E-state index contributed by atoms with van der Waals surface area (Å²) in [6, 6.07) is 10.5. The Morgan fingerprint density at radius 3 is 2.84 bits per heavy atom. The molecule has 0 fully saturated rings. The van der Waals surface area contributed by atoms with Crippen molar-refractivity contribution >= 4 is 27.5 Å². The number of hydrogen-bond acceptors (Lipinski definition) is 5. The highest BCUT2D eigenvalue weighted by Crippen LogP contribution is 2.32. The molecule has 1 aromatic carbocycles. The Morgan fingerprint density at radius 2 is 2.20 bits per heavy atom. The zero-order valence-electron chi connectivity index (χ0n) is 13.5. The summed E-state index contributed by atoms with van der Waals surface area (Å²) in [5.41, 5.74) is 7.82. The van der Waals surface area contributed by atoms with Gasteiger partial charge in [-0.3, -0.25) is 9.48 Å². The SMILES string of the molecule is Cn1nccc1-c1cc(NC(=O)c2ccc(Br)o2)ccc1OCCN. The van der Waals surface area contributed by atoms with Crippen molar-refractivity contribution in [3.8, 4) is 17.0 Å². The van der Waals surface area contributed by atoms with E-state index in [0.29, 0.717) is 29.3 Å². The predicted octanol–water partition coefficient (Wildman–Crippen LogP) is 3.03. The smallest absolute Gasteiger partial charge is 0.291 e. The van der Waals surface area contributed by atoms with E-state index in [0.717, 1.165) is 11.3 Å². The van der Waals surface area contributed by atoms with E-state index in [-0.39, 0.29) is 11.7 Å². The molecular weight excluding hydrogens is 388 g/mol. The summed E-state index contributed by atoms with van der Waals surface area (Å²) < 4.78 is 13.2. The summed E-state index contributed by atoms with van der Waals surface area (Å²) in [4.78, 5) is 12.3. The van der Waals surface area contributed by atoms with Gasteiger partial charge in [-0.1, -0.05) is 0 Å². The van der Waals surface area contributed by atoms with E-state index in [4.69, 9.17) is 14.9 Å². The number of carbonyl (C=O) groups excluding carboxylic acids is 1. The monoisotopic (exact) mass is 404 g/mol. The fourth-order valence-electron chi connectivity index (χ4n) is 2.37. The molecule has 2 aromatic heterocycles. The van der Waals surface area contributed by atoms with Gasteiger partial charge >= 0.3 is 0 Å². The molecule has 0 spiro atoms. The Labute approximate surface area is 152 Å². The maximum atomic E-state index is 12.3. The lowest BCUT2D eigenvalue weighted by molar-refractivity contribution is 0.0995. The van der Waals surface area contributed by atoms with Crippen molar-refractivity contribution in [3.05, 3.63) is 53.0 Å². The maximum absolute atomic E-state index is 12.3. The summed E-state index contributed by atoms with van der Waals surface area (Å²) in [6.45, 7) is 0.813. The summed E-state index contributed by atoms with van der Waals surface area (Å²) in [6.07, 6.45) is 1.70. The second kappa shape index (κ2) is 7.54. The van der Waals surface area contributed by atoms with Crippen LogP contribution in [0.15, 0.2) is 51.7 Å². The maximum Gasteiger partial charge on any atom is 0.291 e. The first-order valence-electron chi connectivity index (χ1n) is 7.60. The van der Waals surface area contributed by atoms with Crippen LogP contribution in [0.3, 0.4) is 0 Å². The highest BCUT2D eigenvalue weighted by molar-refractivity contribution is 9.10. The first kappa shape index (κ1) is 17.2. The summed E-state index contributed by atoms with van der Waals surface area (Å²) >= 11 is 3.18. The fourth-order valence-corrected chi connectivity index (χ4v) is 2.68. The molecule has 0 saturated heterocycles. The minimum absolute atomic E-state index is 0.220. The van der Waals surface area contributed by atoms with E-state index in [1.807, 2.05) is 19.2 Å². The molecule has 3 rings (SSSR count). The van der Waals surface area contributed by atoms with E-state index in [1.165, 1.54) is 0 Å². The van der Waals surface area contributed by atoms with Crippen molar-refractivity contribution < 1.29 is 13.9 Å². The van der Waals surface area contributed by atoms with Gasteiger partial charge in [-0.2, -0.15) is 5.10 Å². The standard InChI is InChI=1S/C17H17BrN4O3/c1-22-13(6-8-20-22)12-10-11(2-3-14(12)24-9-7-19)21-17(23)15-4-5-16(18)25-15/h2-6,8,10H,7,9,19H2,1H3,(H,21,23). The Bertz CT molecular complexity index is 888. The number of nitrogens with two attached hydrogens (primary N) is 1. The molecule has 3 aromatic rings. The van der Waals surface area contributed by atoms with Crippen molar-refractivity contribution in [2.45, 2.75) is 0 Å². The van der Waals surface area contributed by atoms with Crippen LogP contribution in [-0.2, 0) is 7.05 Å². The molecule has 3 N–H and O–H groups in total. The topological polar surface area (TPSA) is 95.3 Å². The third-order valence-corrected chi connectivity index (χ3v) is 3.93. The lowest BCUT2D eigenvalue weighted by Gasteiger charge is -2.13. The normalized spacial score (nSPS) is 10.7. The second-order valence-electron chi connectivity index (χ2n) is 5.25. The van der Waals surface area contributed by atoms with Crippen LogP contribution in [0.4, 0.5) is 5.69 Å². The zero-order chi connectivity index (χ0) is 17.8. The zero-order valence-corrected chi connectivity index (χ0v) is 15.1. The molecular formula is C17H17BrN4O3. The Morgan fingerprint density at radius 1 is 1.36 bits per heavy atom. The van der Waals surface area contributed by atoms with Crippen LogP contribution < -0.4 is 15.8 Å². The number of amides is 1. The molecule has 0 aliphatic carbocycles. The number of hydrogen-bond donors (Lipinski definition) is 2. The van der Waals surface area contributed by atoms with Gasteiger partial charge in [-0.25, -0.2) is 0 Å². The number of anilines is 1. The van der Waals surface area contributed by atoms with Crippen molar-refractivity contribution in [1.82, 2.24) is 9.78 Å². The molecule has 2 heterocycles. The molecule has 130 valence electrons. The van der Waals surface area contributed by atoms with Crippen LogP contribution in [0.5, 0.6) is 5.75 Å². The average Bonchev–Trinajstić information content (AvgIpc) is 3.22. The lowest BCUT2D eigenvalue weighted by Crippen LogP contribution is -2.13. The molecule has 1 amide bonds. The number of furan rings is 1. The van der Waals surface area contributed by atoms with Gasteiger partial charge in [0.2, 0.25) is 0 Å². The number of carbonyl (C=O) groups is 1. The van der Waals surface area contributed by atoms with E-state index in [2.05, 4.69) is 26.3 Å². The minimum atomic E-state index is -0.336. The van der Waals surface area contributed by atoms with Gasteiger partial charge < -0.3 is 20.2 Å². The van der Waals surface area contributed by atoms with Crippen molar-refractivity contribution in [2.24, 2.45) is 12.8 Å². The first-order chi connectivity index (χ1) is 12.1. The van der Waals surface area contributed by atoms with Gasteiger partial charge in [-0.15, -0.1) is 0 Å². The van der Waals surface area contributed by atoms with Crippen LogP contribution in [-0.4, -0.2) is 28.8 Å². The number of halogens is 1. The minimum Gasteiger partial charge on any atom is -0.492 e. The largest absolute Gasteiger partial charge is 0.492 e. The molecule has 0 saturated carbocycles. The third-order valence-electron chi connectivity index (χ3n) is 3.51. The lowest BCUT2D eigenvalue weighted by atomic mass is 10.1. The number of aromatic nitrogens is 2. The Hall–Kier alpha value is -2.58. The Balaban J connectivity index is 1.91. The highest BCUT2D eigenvalue weighted by atomic mass is 79.9. The molecule has 0 aliphatic heterocycles. The molecule has 0 unspecified atom stereocenters. The van der Waals surface area contributed by atoms with Crippen LogP contribution in [0.25, 0.3) is 11.3 Å². The number of nitrogens with one attached hydrogen (secondary N) is 1. The molecule has 0 aliphatic rings. The Kier molecular flexibility index (Phi) is 5.20. The van der Waals surface area contributed by atoms with Crippen molar-refractivity contribution in [2.75, 3.05) is 18.5 Å². The van der Waals surface area contributed by atoms with Crippen LogP contribution in [0.1, 0.15) is 10.6 Å². The molecule has 0 radical (unpaired) electrons. The van der Waals surface area contributed by atoms with Gasteiger partial charge in [0.1, 0.15) is 12.4 Å². The number of aryl methyl sites for hydroxylation is 1. The van der Waals surface area contributed by atoms with Crippen LogP contribution in [0.2, 0.25) is 0 Å². The van der Waals surface area contributed by atoms with E-state index >= 15 is 0 Å². The van der Waals surface area contributed by atoms with Crippen molar-refractivity contribution in [1.29, 1.82) is 0 Å². The molecule has 8 heteroatoms. The molecule has 7 nitrogen and oxygen atoms in total. The first-order valence-corrected chi connectivity index (χ1v) is 8.40. The number of nitrogens with zero attached hydrogens (tertiary/aromatic N) is 2. The predicted molar refractivity (Wildman–Crippen MR) is 97.6 cm³/mol. The van der Waals surface area contributed by atoms with Crippen LogP contribution >= 0.6 is 15.9 Å². The summed E-state index contributed by atoms with van der Waals surface area (Å²) in [7, 11) is 1.84. The van der Waals surface area contributed by atoms with E-state index in [1.54, 1.807) is 35.1 Å². The molecule has 0 atom stereocenters. The van der Waals surface area contributed by atoms with Crippen LogP contribution in [0, 0.1) is 0 Å². The fraction of sp³-hybridized carbons (Fsp3) is 0.176. The highest BCUT2D eigenvalue weighted by Gasteiger charge is 2.14. The number of benzene rings is 1. The van der Waals surface area contributed by atoms with Gasteiger partial charge in [-0.05, 0) is 52.3 Å². The number of ether oxygens (including phenoxy) is 1. The molecule has 0 bridgehead atoms. The van der Waals surface area contributed by atoms with E-state index < -0.39 is 0 Å². The van der Waals surface area contributed by atoms with Gasteiger partial charge in [0.25, 0.3) is 5.91 Å². The average molecular weight is 405 g/mol. The molecule has 25 heavy (non-hydrogen) atoms. The second-order valence-corrected chi connectivity index (χ2v) is 6.03. The van der Waals surface area contributed by atoms with Gasteiger partial charge in [0.05, 0.1) is 5.69 Å². The third kappa shape index (κ3) is 3.92. The van der Waals surface area contributed by atoms with Gasteiger partial charge in [0.15, 0.2) is 10.4 Å². The summed E-state index contributed by atoms with van der Waals surface area (Å²) in [5.74, 6) is 0.558. The summed E-state index contributed by atoms with van der Waals surface area (Å²) in [5, 5.41) is 7.00. The van der Waals surface area contributed by atoms with E-state index in [9.17, 15) is 4.79 Å². The van der Waals surface area contributed by atoms with Gasteiger partial charge in [0, 0.05) is 31.0 Å². The van der Waals surface area contributed by atoms with Crippen molar-refractivity contribution in [3.63, 3.8) is 0 Å². The number of rotatable bonds is 6.